The third-order valence-electron chi connectivity index (χ3n) is 5.96. The van der Waals surface area contributed by atoms with Gasteiger partial charge in [-0.25, -0.2) is 0 Å². The summed E-state index contributed by atoms with van der Waals surface area (Å²) in [5, 5.41) is 9.77. The molecule has 5 atom stereocenters. The first-order valence-electron chi connectivity index (χ1n) is 6.44. The van der Waals surface area contributed by atoms with Gasteiger partial charge in [0.25, 0.3) is 0 Å². The fourth-order valence-electron chi connectivity index (χ4n) is 5.52. The summed E-state index contributed by atoms with van der Waals surface area (Å²) in [7, 11) is 0. The lowest BCUT2D eigenvalue weighted by Crippen LogP contribution is -2.22. The number of nitriles is 1. The highest BCUT2D eigenvalue weighted by atomic mass is 16.5. The fourth-order valence-corrected chi connectivity index (χ4v) is 5.52. The van der Waals surface area contributed by atoms with Crippen molar-refractivity contribution in [1.29, 1.82) is 5.26 Å². The number of hydrogen-bond acceptors (Lipinski definition) is 2. The molecule has 2 unspecified atom stereocenters. The summed E-state index contributed by atoms with van der Waals surface area (Å²) in [5.74, 6) is 1.83. The average molecular weight is 223 g/mol. The number of fused-ring (bicyclic) bond motifs is 3. The van der Waals surface area contributed by atoms with E-state index in [2.05, 4.69) is 30.3 Å². The van der Waals surface area contributed by atoms with Crippen molar-refractivity contribution in [3.05, 3.63) is 35.4 Å². The molecule has 0 aromatic heterocycles. The van der Waals surface area contributed by atoms with E-state index < -0.39 is 0 Å². The van der Waals surface area contributed by atoms with Crippen LogP contribution in [0.4, 0.5) is 0 Å². The van der Waals surface area contributed by atoms with Crippen LogP contribution in [0.1, 0.15) is 23.5 Å². The smallest absolute Gasteiger partial charge is 0.0950 e. The largest absolute Gasteiger partial charge is 0.380 e. The quantitative estimate of drug-likeness (QED) is 0.675. The van der Waals surface area contributed by atoms with Crippen LogP contribution >= 0.6 is 0 Å². The standard InChI is InChI=1S/C15H13NO/c16-7-14-12-4-2-1-3-10(12)11-5-9-6-17-8-15(9,14)13(11)14/h1-4,9,11,13H,5-6,8H2/t9-,11-,13?,14+,15?/m1/s1. The minimum Gasteiger partial charge on any atom is -0.380 e. The van der Waals surface area contributed by atoms with Gasteiger partial charge < -0.3 is 4.74 Å². The SMILES string of the molecule is N#C[C@@]12c3ccccc3[C@H]3C[C@@H]4COCC41C32. The lowest BCUT2D eigenvalue weighted by molar-refractivity contribution is 0.168. The third-order valence-corrected chi connectivity index (χ3v) is 5.96. The van der Waals surface area contributed by atoms with Crippen LogP contribution < -0.4 is 0 Å². The Balaban J connectivity index is 1.85. The summed E-state index contributed by atoms with van der Waals surface area (Å²) < 4.78 is 5.70. The van der Waals surface area contributed by atoms with Gasteiger partial charge in [0.2, 0.25) is 0 Å². The number of nitrogens with zero attached hydrogens (tertiary/aromatic N) is 1. The van der Waals surface area contributed by atoms with E-state index in [1.54, 1.807) is 0 Å². The normalized spacial score (nSPS) is 51.6. The van der Waals surface area contributed by atoms with Crippen LogP contribution in [0.25, 0.3) is 0 Å². The molecule has 2 saturated carbocycles. The molecular weight excluding hydrogens is 210 g/mol. The number of hydrogen-bond donors (Lipinski definition) is 0. The highest BCUT2D eigenvalue weighted by Gasteiger charge is 2.89. The van der Waals surface area contributed by atoms with E-state index >= 15 is 0 Å². The lowest BCUT2D eigenvalue weighted by Gasteiger charge is -2.18. The van der Waals surface area contributed by atoms with Crippen LogP contribution in [0.15, 0.2) is 24.3 Å². The van der Waals surface area contributed by atoms with E-state index in [4.69, 9.17) is 4.74 Å². The molecule has 0 radical (unpaired) electrons. The van der Waals surface area contributed by atoms with Gasteiger partial charge in [-0.1, -0.05) is 24.3 Å². The Labute approximate surface area is 100 Å². The molecule has 0 bridgehead atoms. The maximum atomic E-state index is 9.77. The Hall–Kier alpha value is -1.33. The highest BCUT2D eigenvalue weighted by Crippen LogP contribution is 2.87. The van der Waals surface area contributed by atoms with Gasteiger partial charge in [-0.15, -0.1) is 0 Å². The third kappa shape index (κ3) is 0.600. The fraction of sp³-hybridized carbons (Fsp3) is 0.533. The molecule has 3 aliphatic carbocycles. The average Bonchev–Trinajstić information content (AvgIpc) is 2.68. The minimum atomic E-state index is -0.187. The molecule has 2 heteroatoms. The van der Waals surface area contributed by atoms with Crippen LogP contribution in [0, 0.1) is 28.6 Å². The molecule has 1 aromatic carbocycles. The predicted molar refractivity (Wildman–Crippen MR) is 61.3 cm³/mol. The van der Waals surface area contributed by atoms with Gasteiger partial charge in [-0.2, -0.15) is 5.26 Å². The van der Waals surface area contributed by atoms with Crippen molar-refractivity contribution < 1.29 is 4.74 Å². The first-order valence-corrected chi connectivity index (χ1v) is 6.44. The Morgan fingerprint density at radius 1 is 1.35 bits per heavy atom. The second-order valence-electron chi connectivity index (χ2n) is 6.08. The Morgan fingerprint density at radius 2 is 2.24 bits per heavy atom. The monoisotopic (exact) mass is 223 g/mol. The summed E-state index contributed by atoms with van der Waals surface area (Å²) in [6.07, 6.45) is 1.24. The van der Waals surface area contributed by atoms with E-state index in [0.717, 1.165) is 13.2 Å². The second-order valence-corrected chi connectivity index (χ2v) is 6.08. The molecule has 2 nitrogen and oxygen atoms in total. The van der Waals surface area contributed by atoms with Crippen molar-refractivity contribution in [3.63, 3.8) is 0 Å². The summed E-state index contributed by atoms with van der Waals surface area (Å²) in [6, 6.07) is 11.3. The topological polar surface area (TPSA) is 33.0 Å². The number of rotatable bonds is 0. The molecule has 0 amide bonds. The van der Waals surface area contributed by atoms with Crippen molar-refractivity contribution in [2.75, 3.05) is 13.2 Å². The van der Waals surface area contributed by atoms with E-state index in [1.165, 1.54) is 17.5 Å². The van der Waals surface area contributed by atoms with Crippen molar-refractivity contribution in [2.45, 2.75) is 17.8 Å². The highest BCUT2D eigenvalue weighted by molar-refractivity contribution is 5.63. The molecule has 1 heterocycles. The molecule has 84 valence electrons. The number of ether oxygens (including phenoxy) is 1. The van der Waals surface area contributed by atoms with Crippen LogP contribution in [-0.4, -0.2) is 13.2 Å². The summed E-state index contributed by atoms with van der Waals surface area (Å²) in [4.78, 5) is 0. The van der Waals surface area contributed by atoms with Gasteiger partial charge >= 0.3 is 0 Å². The molecule has 17 heavy (non-hydrogen) atoms. The van der Waals surface area contributed by atoms with Gasteiger partial charge in [0, 0.05) is 5.41 Å². The zero-order valence-corrected chi connectivity index (χ0v) is 9.52. The van der Waals surface area contributed by atoms with Crippen LogP contribution in [-0.2, 0) is 10.2 Å². The molecule has 3 fully saturated rings. The molecule has 1 aliphatic heterocycles. The van der Waals surface area contributed by atoms with E-state index in [9.17, 15) is 5.26 Å². The summed E-state index contributed by atoms with van der Waals surface area (Å²) >= 11 is 0. The molecule has 1 saturated heterocycles. The van der Waals surface area contributed by atoms with Crippen molar-refractivity contribution in [3.8, 4) is 6.07 Å². The Morgan fingerprint density at radius 3 is 3.12 bits per heavy atom. The molecule has 0 N–H and O–H groups in total. The molecule has 1 spiro atoms. The van der Waals surface area contributed by atoms with Crippen LogP contribution in [0.5, 0.6) is 0 Å². The van der Waals surface area contributed by atoms with Gasteiger partial charge in [0.15, 0.2) is 0 Å². The predicted octanol–water partition coefficient (Wildman–Crippen LogP) is 2.21. The van der Waals surface area contributed by atoms with Gasteiger partial charge in [-0.3, -0.25) is 0 Å². The molecule has 4 aliphatic rings. The van der Waals surface area contributed by atoms with Crippen LogP contribution in [0.2, 0.25) is 0 Å². The molecular formula is C15H13NO. The maximum Gasteiger partial charge on any atom is 0.0950 e. The van der Waals surface area contributed by atoms with Crippen molar-refractivity contribution >= 4 is 0 Å². The van der Waals surface area contributed by atoms with Crippen molar-refractivity contribution in [1.82, 2.24) is 0 Å². The van der Waals surface area contributed by atoms with Gasteiger partial charge in [0.1, 0.15) is 0 Å². The summed E-state index contributed by atoms with van der Waals surface area (Å²) in [5.41, 5.74) is 2.79. The maximum absolute atomic E-state index is 9.77. The second kappa shape index (κ2) is 2.28. The van der Waals surface area contributed by atoms with E-state index in [-0.39, 0.29) is 10.8 Å². The van der Waals surface area contributed by atoms with Gasteiger partial charge in [-0.05, 0) is 35.3 Å². The molecule has 1 aromatic rings. The molecule has 5 rings (SSSR count). The zero-order valence-electron chi connectivity index (χ0n) is 9.52. The van der Waals surface area contributed by atoms with Gasteiger partial charge in [0.05, 0.1) is 24.7 Å². The van der Waals surface area contributed by atoms with E-state index in [0.29, 0.717) is 17.8 Å². The Bertz CT molecular complexity index is 589. The van der Waals surface area contributed by atoms with Crippen LogP contribution in [0.3, 0.4) is 0 Å². The zero-order chi connectivity index (χ0) is 11.3. The minimum absolute atomic E-state index is 0.187. The summed E-state index contributed by atoms with van der Waals surface area (Å²) in [6.45, 7) is 1.70. The van der Waals surface area contributed by atoms with Crippen molar-refractivity contribution in [2.24, 2.45) is 17.3 Å². The first-order chi connectivity index (χ1) is 8.36. The van der Waals surface area contributed by atoms with E-state index in [1.807, 2.05) is 0 Å². The Kier molecular flexibility index (Phi) is 1.17. The first kappa shape index (κ1) is 8.72. The number of benzene rings is 1. The lowest BCUT2D eigenvalue weighted by atomic mass is 9.81.